The summed E-state index contributed by atoms with van der Waals surface area (Å²) in [5, 5.41) is 0.601. The molecular formula is C24H21ClN2O4. The van der Waals surface area contributed by atoms with Gasteiger partial charge < -0.3 is 14.2 Å². The molecule has 0 amide bonds. The molecule has 158 valence electrons. The van der Waals surface area contributed by atoms with Crippen molar-refractivity contribution in [1.29, 1.82) is 0 Å². The molecule has 6 nitrogen and oxygen atoms in total. The molecule has 0 aliphatic carbocycles. The summed E-state index contributed by atoms with van der Waals surface area (Å²) in [5.74, 6) is 1.49. The number of halogens is 1. The molecule has 1 aromatic heterocycles. The van der Waals surface area contributed by atoms with E-state index in [4.69, 9.17) is 25.8 Å². The predicted molar refractivity (Wildman–Crippen MR) is 121 cm³/mol. The molecule has 0 N–H and O–H groups in total. The molecule has 4 rings (SSSR count). The third-order valence-corrected chi connectivity index (χ3v) is 5.22. The second kappa shape index (κ2) is 8.62. The molecule has 4 aromatic rings. The molecule has 0 bridgehead atoms. The van der Waals surface area contributed by atoms with E-state index >= 15 is 0 Å². The average Bonchev–Trinajstić information content (AvgIpc) is 3.16. The summed E-state index contributed by atoms with van der Waals surface area (Å²) in [7, 11) is 4.67. The molecule has 31 heavy (non-hydrogen) atoms. The van der Waals surface area contributed by atoms with E-state index in [0.717, 1.165) is 11.3 Å². The smallest absolute Gasteiger partial charge is 0.337 e. The maximum absolute atomic E-state index is 13.5. The van der Waals surface area contributed by atoms with Gasteiger partial charge in [-0.05, 0) is 48.5 Å². The molecule has 0 unspecified atom stereocenters. The Kier molecular flexibility index (Phi) is 5.73. The van der Waals surface area contributed by atoms with Crippen LogP contribution in [0.3, 0.4) is 0 Å². The lowest BCUT2D eigenvalue weighted by Gasteiger charge is -2.15. The van der Waals surface area contributed by atoms with Crippen molar-refractivity contribution in [1.82, 2.24) is 9.13 Å². The molecule has 0 saturated carbocycles. The minimum Gasteiger partial charge on any atom is -0.493 e. The van der Waals surface area contributed by atoms with Gasteiger partial charge in [-0.2, -0.15) is 0 Å². The lowest BCUT2D eigenvalue weighted by atomic mass is 10.1. The first-order valence-corrected chi connectivity index (χ1v) is 9.91. The summed E-state index contributed by atoms with van der Waals surface area (Å²) in [5.41, 5.74) is 2.65. The molecule has 0 aliphatic heterocycles. The van der Waals surface area contributed by atoms with Gasteiger partial charge in [-0.15, -0.1) is 0 Å². The van der Waals surface area contributed by atoms with E-state index in [-0.39, 0.29) is 5.69 Å². The highest BCUT2D eigenvalue weighted by Gasteiger charge is 2.20. The lowest BCUT2D eigenvalue weighted by molar-refractivity contribution is 0.324. The monoisotopic (exact) mass is 436 g/mol. The fourth-order valence-electron chi connectivity index (χ4n) is 3.49. The summed E-state index contributed by atoms with van der Waals surface area (Å²) in [6.45, 7) is 0. The number of para-hydroxylation sites is 1. The van der Waals surface area contributed by atoms with Gasteiger partial charge in [0.2, 0.25) is 5.75 Å². The highest BCUT2D eigenvalue weighted by Crippen LogP contribution is 2.41. The normalized spacial score (nSPS) is 10.7. The fourth-order valence-corrected chi connectivity index (χ4v) is 3.62. The van der Waals surface area contributed by atoms with Crippen molar-refractivity contribution in [2.75, 3.05) is 21.3 Å². The predicted octanol–water partition coefficient (Wildman–Crippen LogP) is 4.97. The highest BCUT2D eigenvalue weighted by atomic mass is 35.5. The van der Waals surface area contributed by atoms with Crippen molar-refractivity contribution >= 4 is 11.6 Å². The molecule has 0 aliphatic rings. The van der Waals surface area contributed by atoms with Gasteiger partial charge in [-0.3, -0.25) is 9.13 Å². The first-order valence-electron chi connectivity index (χ1n) is 9.53. The Labute approximate surface area is 184 Å². The Morgan fingerprint density at radius 1 is 0.774 bits per heavy atom. The van der Waals surface area contributed by atoms with Gasteiger partial charge >= 0.3 is 5.69 Å². The van der Waals surface area contributed by atoms with E-state index in [1.165, 1.54) is 0 Å². The standard InChI is InChI=1S/C24H21ClN2O4/c1-29-21-13-16(14-22(30-2)23(21)31-3)20-15-26(18-11-9-17(25)10-12-18)24(28)27(20)19-7-5-4-6-8-19/h4-15H,1-3H3. The van der Waals surface area contributed by atoms with E-state index < -0.39 is 0 Å². The largest absolute Gasteiger partial charge is 0.493 e. The number of ether oxygens (including phenoxy) is 3. The number of hydrogen-bond acceptors (Lipinski definition) is 4. The summed E-state index contributed by atoms with van der Waals surface area (Å²) < 4.78 is 19.7. The first-order chi connectivity index (χ1) is 15.1. The number of methoxy groups -OCH3 is 3. The number of rotatable bonds is 6. The second-order valence-electron chi connectivity index (χ2n) is 6.73. The molecule has 0 saturated heterocycles. The van der Waals surface area contributed by atoms with Gasteiger partial charge in [0.15, 0.2) is 11.5 Å². The van der Waals surface area contributed by atoms with Gasteiger partial charge in [-0.1, -0.05) is 29.8 Å². The quantitative estimate of drug-likeness (QED) is 0.428. The minimum atomic E-state index is -0.211. The van der Waals surface area contributed by atoms with Crippen LogP contribution in [0.5, 0.6) is 17.2 Å². The number of imidazole rings is 1. The Morgan fingerprint density at radius 3 is 1.94 bits per heavy atom. The molecule has 3 aromatic carbocycles. The highest BCUT2D eigenvalue weighted by molar-refractivity contribution is 6.30. The molecule has 1 heterocycles. The van der Waals surface area contributed by atoms with Crippen molar-refractivity contribution in [2.45, 2.75) is 0 Å². The number of hydrogen-bond donors (Lipinski definition) is 0. The van der Waals surface area contributed by atoms with Gasteiger partial charge in [0, 0.05) is 16.8 Å². The first kappa shape index (κ1) is 20.6. The fraction of sp³-hybridized carbons (Fsp3) is 0.125. The molecule has 0 spiro atoms. The third kappa shape index (κ3) is 3.78. The van der Waals surface area contributed by atoms with Crippen molar-refractivity contribution in [3.8, 4) is 39.9 Å². The van der Waals surface area contributed by atoms with E-state index in [1.54, 1.807) is 60.9 Å². The second-order valence-corrected chi connectivity index (χ2v) is 7.16. The zero-order chi connectivity index (χ0) is 22.0. The van der Waals surface area contributed by atoms with Crippen LogP contribution in [0.4, 0.5) is 0 Å². The van der Waals surface area contributed by atoms with E-state index in [0.29, 0.717) is 33.7 Å². The minimum absolute atomic E-state index is 0.211. The van der Waals surface area contributed by atoms with Crippen LogP contribution in [-0.4, -0.2) is 30.5 Å². The van der Waals surface area contributed by atoms with Gasteiger partial charge in [0.05, 0.1) is 38.4 Å². The van der Waals surface area contributed by atoms with Crippen LogP contribution in [0.1, 0.15) is 0 Å². The van der Waals surface area contributed by atoms with Crippen molar-refractivity contribution in [2.24, 2.45) is 0 Å². The van der Waals surface area contributed by atoms with Crippen LogP contribution in [0.15, 0.2) is 77.7 Å². The summed E-state index contributed by atoms with van der Waals surface area (Å²) >= 11 is 6.03. The topological polar surface area (TPSA) is 54.6 Å². The molecule has 7 heteroatoms. The zero-order valence-corrected chi connectivity index (χ0v) is 18.1. The Balaban J connectivity index is 2.01. The van der Waals surface area contributed by atoms with Gasteiger partial charge in [0.1, 0.15) is 0 Å². The summed E-state index contributed by atoms with van der Waals surface area (Å²) in [6.07, 6.45) is 1.79. The van der Waals surface area contributed by atoms with Crippen molar-refractivity contribution < 1.29 is 14.2 Å². The molecule has 0 atom stereocenters. The van der Waals surface area contributed by atoms with Gasteiger partial charge in [0.25, 0.3) is 0 Å². The van der Waals surface area contributed by atoms with Crippen LogP contribution in [0, 0.1) is 0 Å². The van der Waals surface area contributed by atoms with Crippen LogP contribution in [-0.2, 0) is 0 Å². The number of nitrogens with zero attached hydrogens (tertiary/aromatic N) is 2. The maximum Gasteiger partial charge on any atom is 0.337 e. The van der Waals surface area contributed by atoms with Gasteiger partial charge in [-0.25, -0.2) is 4.79 Å². The van der Waals surface area contributed by atoms with E-state index in [2.05, 4.69) is 0 Å². The molecular weight excluding hydrogens is 416 g/mol. The Bertz CT molecular complexity index is 1240. The van der Waals surface area contributed by atoms with Crippen LogP contribution >= 0.6 is 11.6 Å². The summed E-state index contributed by atoms with van der Waals surface area (Å²) in [6, 6.07) is 20.2. The Hall–Kier alpha value is -3.64. The summed E-state index contributed by atoms with van der Waals surface area (Å²) in [4.78, 5) is 13.5. The van der Waals surface area contributed by atoms with Crippen molar-refractivity contribution in [3.63, 3.8) is 0 Å². The average molecular weight is 437 g/mol. The number of aromatic nitrogens is 2. The van der Waals surface area contributed by atoms with Crippen molar-refractivity contribution in [3.05, 3.63) is 88.4 Å². The van der Waals surface area contributed by atoms with E-state index in [9.17, 15) is 4.79 Å². The molecule has 0 fully saturated rings. The zero-order valence-electron chi connectivity index (χ0n) is 17.3. The van der Waals surface area contributed by atoms with Crippen LogP contribution in [0.2, 0.25) is 5.02 Å². The Morgan fingerprint density at radius 2 is 1.39 bits per heavy atom. The van der Waals surface area contributed by atoms with E-state index in [1.807, 2.05) is 42.5 Å². The van der Waals surface area contributed by atoms with Crippen LogP contribution in [0.25, 0.3) is 22.6 Å². The number of benzene rings is 3. The third-order valence-electron chi connectivity index (χ3n) is 4.97. The van der Waals surface area contributed by atoms with Crippen LogP contribution < -0.4 is 19.9 Å². The lowest BCUT2D eigenvalue weighted by Crippen LogP contribution is -2.22. The maximum atomic E-state index is 13.5. The molecule has 0 radical (unpaired) electrons. The SMILES string of the molecule is COc1cc(-c2cn(-c3ccc(Cl)cc3)c(=O)n2-c2ccccc2)cc(OC)c1OC.